The fourth-order valence-electron chi connectivity index (χ4n) is 3.48. The fraction of sp³-hybridized carbons (Fsp3) is 0.120. The van der Waals surface area contributed by atoms with Crippen LogP contribution in [0.4, 0.5) is 14.5 Å². The average Bonchev–Trinajstić information content (AvgIpc) is 3.06. The van der Waals surface area contributed by atoms with Crippen molar-refractivity contribution in [1.82, 2.24) is 5.32 Å². The number of anilines is 1. The predicted molar refractivity (Wildman–Crippen MR) is 126 cm³/mol. The summed E-state index contributed by atoms with van der Waals surface area (Å²) in [6, 6.07) is 15.9. The first-order chi connectivity index (χ1) is 15.9. The maximum absolute atomic E-state index is 13.9. The molecule has 33 heavy (non-hydrogen) atoms. The standard InChI is InChI=1S/C25H20F2N2O3S/c1-15-5-3-4-6-21(15)29-24(30)20(28-25(29)33)12-16-7-9-22(31-2)17(11-16)14-32-23-10-8-18(26)13-19(23)27/h3-13H,14H2,1-2H3,(H,28,33)/b20-12+. The van der Waals surface area contributed by atoms with Gasteiger partial charge < -0.3 is 14.8 Å². The van der Waals surface area contributed by atoms with Crippen LogP contribution in [0.25, 0.3) is 6.08 Å². The first-order valence-electron chi connectivity index (χ1n) is 10.0. The highest BCUT2D eigenvalue weighted by atomic mass is 32.1. The van der Waals surface area contributed by atoms with Crippen molar-refractivity contribution in [2.75, 3.05) is 12.0 Å². The molecule has 0 atom stereocenters. The van der Waals surface area contributed by atoms with Crippen LogP contribution in [-0.2, 0) is 11.4 Å². The summed E-state index contributed by atoms with van der Waals surface area (Å²) in [7, 11) is 1.51. The van der Waals surface area contributed by atoms with E-state index >= 15 is 0 Å². The molecule has 168 valence electrons. The van der Waals surface area contributed by atoms with E-state index in [4.69, 9.17) is 21.7 Å². The Morgan fingerprint density at radius 1 is 1.06 bits per heavy atom. The van der Waals surface area contributed by atoms with Crippen LogP contribution >= 0.6 is 12.2 Å². The summed E-state index contributed by atoms with van der Waals surface area (Å²) in [6.07, 6.45) is 1.67. The van der Waals surface area contributed by atoms with Gasteiger partial charge in [0.1, 0.15) is 23.9 Å². The van der Waals surface area contributed by atoms with Gasteiger partial charge in [-0.2, -0.15) is 0 Å². The van der Waals surface area contributed by atoms with Gasteiger partial charge in [0.15, 0.2) is 16.7 Å². The summed E-state index contributed by atoms with van der Waals surface area (Å²) in [5.41, 5.74) is 3.28. The van der Waals surface area contributed by atoms with Crippen LogP contribution in [0.15, 0.2) is 66.4 Å². The number of amides is 1. The van der Waals surface area contributed by atoms with Crippen LogP contribution in [0.5, 0.6) is 11.5 Å². The molecule has 1 aliphatic heterocycles. The Labute approximate surface area is 195 Å². The number of methoxy groups -OCH3 is 1. The molecule has 1 heterocycles. The van der Waals surface area contributed by atoms with Gasteiger partial charge in [-0.1, -0.05) is 24.3 Å². The van der Waals surface area contributed by atoms with E-state index in [0.717, 1.165) is 17.7 Å². The summed E-state index contributed by atoms with van der Waals surface area (Å²) in [5, 5.41) is 3.26. The van der Waals surface area contributed by atoms with Gasteiger partial charge in [-0.05, 0) is 66.7 Å². The topological polar surface area (TPSA) is 50.8 Å². The van der Waals surface area contributed by atoms with E-state index in [1.54, 1.807) is 24.3 Å². The van der Waals surface area contributed by atoms with Gasteiger partial charge in [0, 0.05) is 11.6 Å². The molecule has 0 spiro atoms. The van der Waals surface area contributed by atoms with Crippen LogP contribution in [0.2, 0.25) is 0 Å². The Morgan fingerprint density at radius 2 is 1.82 bits per heavy atom. The number of carbonyl (C=O) groups is 1. The zero-order valence-corrected chi connectivity index (χ0v) is 18.7. The Hall–Kier alpha value is -3.78. The maximum atomic E-state index is 13.9. The molecule has 0 aromatic heterocycles. The van der Waals surface area contributed by atoms with E-state index in [1.165, 1.54) is 18.1 Å². The van der Waals surface area contributed by atoms with Crippen LogP contribution in [-0.4, -0.2) is 18.1 Å². The largest absolute Gasteiger partial charge is 0.496 e. The molecule has 1 N–H and O–H groups in total. The number of ether oxygens (including phenoxy) is 2. The minimum absolute atomic E-state index is 0.0160. The van der Waals surface area contributed by atoms with E-state index in [-0.39, 0.29) is 18.3 Å². The maximum Gasteiger partial charge on any atom is 0.281 e. The molecule has 1 saturated heterocycles. The van der Waals surface area contributed by atoms with Crippen LogP contribution in [0.1, 0.15) is 16.7 Å². The Kier molecular flexibility index (Phi) is 6.37. The number of nitrogens with zero attached hydrogens (tertiary/aromatic N) is 1. The number of carbonyl (C=O) groups excluding carboxylic acids is 1. The monoisotopic (exact) mass is 466 g/mol. The fourth-order valence-corrected chi connectivity index (χ4v) is 3.77. The second kappa shape index (κ2) is 9.38. The average molecular weight is 467 g/mol. The van der Waals surface area contributed by atoms with Crippen molar-refractivity contribution in [3.8, 4) is 11.5 Å². The summed E-state index contributed by atoms with van der Waals surface area (Å²) in [4.78, 5) is 14.5. The molecule has 3 aromatic carbocycles. The lowest BCUT2D eigenvalue weighted by Gasteiger charge is -2.16. The molecule has 0 aliphatic carbocycles. The molecule has 0 unspecified atom stereocenters. The molecule has 8 heteroatoms. The highest BCUT2D eigenvalue weighted by Crippen LogP contribution is 2.28. The van der Waals surface area contributed by atoms with Gasteiger partial charge in [0.2, 0.25) is 0 Å². The highest BCUT2D eigenvalue weighted by Gasteiger charge is 2.32. The molecule has 4 rings (SSSR count). The van der Waals surface area contributed by atoms with Crippen molar-refractivity contribution < 1.29 is 23.0 Å². The second-order valence-corrected chi connectivity index (χ2v) is 7.74. The molecule has 1 amide bonds. The van der Waals surface area contributed by atoms with Crippen molar-refractivity contribution in [1.29, 1.82) is 0 Å². The predicted octanol–water partition coefficient (Wildman–Crippen LogP) is 5.12. The third kappa shape index (κ3) is 4.70. The van der Waals surface area contributed by atoms with Gasteiger partial charge in [-0.25, -0.2) is 8.78 Å². The van der Waals surface area contributed by atoms with Crippen molar-refractivity contribution in [3.63, 3.8) is 0 Å². The number of hydrogen-bond donors (Lipinski definition) is 1. The number of nitrogens with one attached hydrogen (secondary N) is 1. The van der Waals surface area contributed by atoms with Crippen molar-refractivity contribution in [2.24, 2.45) is 0 Å². The molecule has 0 radical (unpaired) electrons. The van der Waals surface area contributed by atoms with E-state index in [1.807, 2.05) is 31.2 Å². The van der Waals surface area contributed by atoms with E-state index < -0.39 is 11.6 Å². The number of thiocarbonyl (C=S) groups is 1. The Balaban J connectivity index is 1.59. The molecule has 0 saturated carbocycles. The Morgan fingerprint density at radius 3 is 2.55 bits per heavy atom. The van der Waals surface area contributed by atoms with Crippen molar-refractivity contribution >= 4 is 35.0 Å². The lowest BCUT2D eigenvalue weighted by Crippen LogP contribution is -2.30. The van der Waals surface area contributed by atoms with Gasteiger partial charge in [-0.15, -0.1) is 0 Å². The number of hydrogen-bond acceptors (Lipinski definition) is 4. The summed E-state index contributed by atoms with van der Waals surface area (Å²) < 4.78 is 37.9. The minimum Gasteiger partial charge on any atom is -0.496 e. The third-order valence-electron chi connectivity index (χ3n) is 5.13. The smallest absolute Gasteiger partial charge is 0.281 e. The SMILES string of the molecule is COc1ccc(/C=C2/NC(=S)N(c3ccccc3C)C2=O)cc1COc1ccc(F)cc1F. The number of rotatable bonds is 6. The van der Waals surface area contributed by atoms with E-state index in [0.29, 0.717) is 33.4 Å². The van der Waals surface area contributed by atoms with Crippen molar-refractivity contribution in [3.05, 3.63) is 94.7 Å². The number of benzene rings is 3. The summed E-state index contributed by atoms with van der Waals surface area (Å²) in [6.45, 7) is 1.89. The second-order valence-electron chi connectivity index (χ2n) is 7.35. The quantitative estimate of drug-likeness (QED) is 0.404. The lowest BCUT2D eigenvalue weighted by molar-refractivity contribution is -0.113. The first kappa shape index (κ1) is 22.4. The normalized spacial score (nSPS) is 14.5. The van der Waals surface area contributed by atoms with Gasteiger partial charge >= 0.3 is 0 Å². The van der Waals surface area contributed by atoms with Gasteiger partial charge in [0.25, 0.3) is 5.91 Å². The molecule has 1 fully saturated rings. The van der Waals surface area contributed by atoms with Crippen LogP contribution in [0.3, 0.4) is 0 Å². The molecule has 5 nitrogen and oxygen atoms in total. The first-order valence-corrected chi connectivity index (χ1v) is 10.5. The number of aryl methyl sites for hydroxylation is 1. The lowest BCUT2D eigenvalue weighted by atomic mass is 10.1. The molecule has 1 aliphatic rings. The molecular formula is C25H20F2N2O3S. The minimum atomic E-state index is -0.794. The molecular weight excluding hydrogens is 446 g/mol. The zero-order valence-electron chi connectivity index (χ0n) is 17.9. The van der Waals surface area contributed by atoms with Crippen LogP contribution in [0, 0.1) is 18.6 Å². The van der Waals surface area contributed by atoms with Crippen LogP contribution < -0.4 is 19.7 Å². The number of halogens is 2. The van der Waals surface area contributed by atoms with Gasteiger partial charge in [-0.3, -0.25) is 9.69 Å². The zero-order chi connectivity index (χ0) is 23.5. The number of para-hydroxylation sites is 1. The molecule has 0 bridgehead atoms. The third-order valence-corrected chi connectivity index (χ3v) is 5.41. The molecule has 3 aromatic rings. The Bertz CT molecular complexity index is 1280. The highest BCUT2D eigenvalue weighted by molar-refractivity contribution is 7.80. The van der Waals surface area contributed by atoms with Crippen molar-refractivity contribution in [2.45, 2.75) is 13.5 Å². The van der Waals surface area contributed by atoms with E-state index in [9.17, 15) is 13.6 Å². The van der Waals surface area contributed by atoms with Gasteiger partial charge in [0.05, 0.1) is 12.8 Å². The summed E-state index contributed by atoms with van der Waals surface area (Å²) in [5.74, 6) is -1.29. The van der Waals surface area contributed by atoms with E-state index in [2.05, 4.69) is 5.32 Å². The summed E-state index contributed by atoms with van der Waals surface area (Å²) >= 11 is 5.39.